The van der Waals surface area contributed by atoms with Gasteiger partial charge in [-0.3, -0.25) is 0 Å². The van der Waals surface area contributed by atoms with Gasteiger partial charge in [0, 0.05) is 22.1 Å². The molecule has 0 aliphatic carbocycles. The van der Waals surface area contributed by atoms with E-state index in [1.54, 1.807) is 0 Å². The molecule has 148 valence electrons. The van der Waals surface area contributed by atoms with Crippen LogP contribution < -0.4 is 0 Å². The fraction of sp³-hybridized carbons (Fsp3) is 0. The van der Waals surface area contributed by atoms with Gasteiger partial charge >= 0.3 is 47.3 Å². The molecular formula is C25H19N5Zn-2. The molecule has 3 aromatic heterocycles. The molecule has 31 heavy (non-hydrogen) atoms. The molecule has 0 saturated carbocycles. The van der Waals surface area contributed by atoms with E-state index in [-0.39, 0.29) is 0 Å². The summed E-state index contributed by atoms with van der Waals surface area (Å²) in [4.78, 5) is 15.8. The molecule has 0 unspecified atom stereocenters. The minimum atomic E-state index is 0.448. The summed E-state index contributed by atoms with van der Waals surface area (Å²) in [5.74, 6) is 0. The Kier molecular flexibility index (Phi) is 6.30. The first-order valence-corrected chi connectivity index (χ1v) is 11.5. The number of rotatable bonds is 2. The van der Waals surface area contributed by atoms with Crippen molar-refractivity contribution in [3.63, 3.8) is 0 Å². The summed E-state index contributed by atoms with van der Waals surface area (Å²) in [6, 6.07) is 13.7. The van der Waals surface area contributed by atoms with E-state index >= 15 is 0 Å². The van der Waals surface area contributed by atoms with Crippen molar-refractivity contribution in [1.82, 2.24) is 19.9 Å². The Hall–Kier alpha value is -3.63. The minimum Gasteiger partial charge on any atom is -0.697 e. The van der Waals surface area contributed by atoms with Crippen LogP contribution >= 0.6 is 0 Å². The summed E-state index contributed by atoms with van der Waals surface area (Å²) in [5, 5.41) is 0. The normalized spacial score (nSPS) is 11.9. The largest absolute Gasteiger partial charge is 0.697 e. The van der Waals surface area contributed by atoms with Gasteiger partial charge in [-0.2, -0.15) is 0 Å². The van der Waals surface area contributed by atoms with Gasteiger partial charge in [0.1, 0.15) is 0 Å². The number of aromatic amines is 2. The third kappa shape index (κ3) is 5.30. The van der Waals surface area contributed by atoms with Crippen molar-refractivity contribution in [2.24, 2.45) is 0 Å². The van der Waals surface area contributed by atoms with Gasteiger partial charge in [0.25, 0.3) is 0 Å². The molecule has 0 saturated heterocycles. The van der Waals surface area contributed by atoms with Crippen LogP contribution in [0.2, 0.25) is 0 Å². The van der Waals surface area contributed by atoms with Crippen LogP contribution in [0.1, 0.15) is 22.8 Å². The molecule has 2 aliphatic heterocycles. The zero-order valence-corrected chi connectivity index (χ0v) is 19.8. The van der Waals surface area contributed by atoms with Gasteiger partial charge in [-0.05, 0) is 60.7 Å². The summed E-state index contributed by atoms with van der Waals surface area (Å²) < 4.78 is 2.04. The van der Waals surface area contributed by atoms with E-state index in [4.69, 9.17) is 12.3 Å². The quantitative estimate of drug-likeness (QED) is 0.188. The molecule has 0 atom stereocenters. The molecule has 0 aromatic carbocycles. The molecule has 8 bridgehead atoms. The Bertz CT molecular complexity index is 1380. The second-order valence-electron chi connectivity index (χ2n) is 6.90. The van der Waals surface area contributed by atoms with Crippen molar-refractivity contribution < 1.29 is 17.9 Å². The number of nitrogens with zero attached hydrogens (tertiary/aromatic N) is 2. The van der Waals surface area contributed by atoms with E-state index in [0.717, 1.165) is 44.8 Å². The second kappa shape index (κ2) is 9.46. The second-order valence-corrected chi connectivity index (χ2v) is 7.89. The van der Waals surface area contributed by atoms with Gasteiger partial charge in [-0.25, -0.2) is 9.97 Å². The predicted octanol–water partition coefficient (Wildman–Crippen LogP) is 6.22. The molecule has 5 nitrogen and oxygen atoms in total. The summed E-state index contributed by atoms with van der Waals surface area (Å²) in [6.45, 7) is 5.00. The van der Waals surface area contributed by atoms with Crippen molar-refractivity contribution >= 4 is 56.7 Å². The summed E-state index contributed by atoms with van der Waals surface area (Å²) in [6.07, 6.45) is 13.1. The zero-order valence-electron chi connectivity index (χ0n) is 16.8. The smallest absolute Gasteiger partial charge is 0.0659 e. The van der Waals surface area contributed by atoms with E-state index in [2.05, 4.69) is 19.9 Å². The molecule has 0 radical (unpaired) electrons. The first-order valence-electron chi connectivity index (χ1n) is 9.75. The molecular weight excluding hydrogens is 436 g/mol. The predicted molar refractivity (Wildman–Crippen MR) is 127 cm³/mol. The number of hydrogen-bond acceptors (Lipinski definition) is 2. The fourth-order valence-electron chi connectivity index (χ4n) is 3.16. The summed E-state index contributed by atoms with van der Waals surface area (Å²) in [5.41, 5.74) is 15.6. The van der Waals surface area contributed by atoms with E-state index < -0.39 is 0 Å². The number of allylic oxidation sites excluding steroid dienone is 3. The maximum atomic E-state index is 8.15. The first-order chi connectivity index (χ1) is 15.1. The van der Waals surface area contributed by atoms with E-state index in [0.29, 0.717) is 5.69 Å². The van der Waals surface area contributed by atoms with Crippen LogP contribution in [-0.2, 0) is 17.9 Å². The van der Waals surface area contributed by atoms with Crippen molar-refractivity contribution in [3.05, 3.63) is 95.8 Å². The molecule has 6 heteroatoms. The topological polar surface area (TPSA) is 81.2 Å². The molecule has 5 rings (SSSR count). The van der Waals surface area contributed by atoms with E-state index in [1.165, 1.54) is 23.9 Å². The Morgan fingerprint density at radius 1 is 0.742 bits per heavy atom. The molecule has 3 N–H and O–H groups in total. The van der Waals surface area contributed by atoms with Crippen LogP contribution in [0.3, 0.4) is 0 Å². The van der Waals surface area contributed by atoms with E-state index in [9.17, 15) is 0 Å². The third-order valence-electron chi connectivity index (χ3n) is 4.53. The average Bonchev–Trinajstić information content (AvgIpc) is 3.53. The zero-order chi connectivity index (χ0) is 21.6. The van der Waals surface area contributed by atoms with Gasteiger partial charge < -0.3 is 15.7 Å². The van der Waals surface area contributed by atoms with Gasteiger partial charge in [-0.1, -0.05) is 6.07 Å². The molecule has 0 spiro atoms. The number of aromatic nitrogens is 4. The van der Waals surface area contributed by atoms with Gasteiger partial charge in [0.05, 0.1) is 22.8 Å². The number of fused-ring (bicyclic) bond motifs is 8. The Morgan fingerprint density at radius 3 is 1.97 bits per heavy atom. The molecule has 0 fully saturated rings. The standard InChI is InChI=1S/C20H14N5.C5H5.Zn/c21-19-10-18-9-16-4-3-14(23-16)7-12-1-2-13(22-12)8-15-5-6-17(24-15)11-20(19)25-18;1-3-5-4-2;/h1-11,21,23,25H;1-5H;/q2*-1;/b;5-3-;. The van der Waals surface area contributed by atoms with Crippen LogP contribution in [0, 0.1) is 6.58 Å². The fourth-order valence-corrected chi connectivity index (χ4v) is 3.49. The molecule has 2 aliphatic rings. The van der Waals surface area contributed by atoms with Crippen LogP contribution in [-0.4, -0.2) is 24.5 Å². The van der Waals surface area contributed by atoms with Gasteiger partial charge in [-0.15, -0.1) is 5.69 Å². The van der Waals surface area contributed by atoms with Crippen LogP contribution in [0.5, 0.6) is 0 Å². The SMILES string of the molecule is [CH-]=C/C=C\[CH]=[Zn].[NH-]c1cc2cc3ccc(cc4nc(cc5nc(cc1[nH]2)C=C5)C=C4)[nH]3. The number of nitrogens with one attached hydrogen (secondary N) is 3. The van der Waals surface area contributed by atoms with Gasteiger partial charge in [0.2, 0.25) is 0 Å². The first kappa shape index (κ1) is 20.6. The summed E-state index contributed by atoms with van der Waals surface area (Å²) >= 11 is 1.20. The minimum absolute atomic E-state index is 0.448. The van der Waals surface area contributed by atoms with Crippen LogP contribution in [0.25, 0.3) is 52.1 Å². The van der Waals surface area contributed by atoms with Crippen molar-refractivity contribution in [2.75, 3.05) is 0 Å². The molecule has 5 heterocycles. The third-order valence-corrected chi connectivity index (χ3v) is 5.10. The van der Waals surface area contributed by atoms with Crippen LogP contribution in [0.4, 0.5) is 5.69 Å². The van der Waals surface area contributed by atoms with Crippen molar-refractivity contribution in [3.8, 4) is 0 Å². The molecule has 3 aromatic rings. The van der Waals surface area contributed by atoms with Crippen molar-refractivity contribution in [2.45, 2.75) is 0 Å². The van der Waals surface area contributed by atoms with Crippen LogP contribution in [0.15, 0.2) is 60.7 Å². The molecule has 0 amide bonds. The Morgan fingerprint density at radius 2 is 1.35 bits per heavy atom. The number of H-pyrrole nitrogens is 2. The Balaban J connectivity index is 0.000000342. The average molecular weight is 455 g/mol. The monoisotopic (exact) mass is 453 g/mol. The summed E-state index contributed by atoms with van der Waals surface area (Å²) in [7, 11) is 0. The number of hydrogen-bond donors (Lipinski definition) is 2. The van der Waals surface area contributed by atoms with Crippen molar-refractivity contribution in [1.29, 1.82) is 0 Å². The van der Waals surface area contributed by atoms with Gasteiger partial charge in [0.15, 0.2) is 0 Å². The van der Waals surface area contributed by atoms with E-state index in [1.807, 2.05) is 83.5 Å². The Labute approximate surface area is 190 Å². The maximum absolute atomic E-state index is 8.15. The maximum Gasteiger partial charge on any atom is 0.0659 e.